The maximum absolute atomic E-state index is 11.8. The number of nitrogens with one attached hydrogen (secondary N) is 2. The minimum Gasteiger partial charge on any atom is -0.494 e. The van der Waals surface area contributed by atoms with Crippen molar-refractivity contribution in [3.63, 3.8) is 0 Å². The van der Waals surface area contributed by atoms with Crippen LogP contribution in [0.25, 0.3) is 10.4 Å². The molecular formula is C36H38BrN7O6. The number of ether oxygens (including phenoxy) is 4. The number of hydrogen-bond donors (Lipinski definition) is 3. The molecule has 0 radical (unpaired) electrons. The van der Waals surface area contributed by atoms with Crippen LogP contribution in [0.5, 0.6) is 11.5 Å². The largest absolute Gasteiger partial charge is 0.494 e. The number of alkyl halides is 1. The summed E-state index contributed by atoms with van der Waals surface area (Å²) in [6.07, 6.45) is 0.154. The van der Waals surface area contributed by atoms with Crippen LogP contribution in [0.3, 0.4) is 0 Å². The molecule has 0 unspecified atom stereocenters. The minimum absolute atomic E-state index is 0.0574. The highest BCUT2D eigenvalue weighted by molar-refractivity contribution is 9.09. The molecule has 0 aromatic heterocycles. The number of rotatable bonds is 15. The van der Waals surface area contributed by atoms with Crippen LogP contribution < -0.4 is 20.5 Å². The van der Waals surface area contributed by atoms with E-state index in [0.29, 0.717) is 43.1 Å². The van der Waals surface area contributed by atoms with Gasteiger partial charge in [-0.05, 0) is 78.0 Å². The number of hydrogen-bond acceptors (Lipinski definition) is 8. The maximum Gasteiger partial charge on any atom is 0.435 e. The Morgan fingerprint density at radius 1 is 0.760 bits per heavy atom. The van der Waals surface area contributed by atoms with Gasteiger partial charge in [0.05, 0.1) is 13.2 Å². The van der Waals surface area contributed by atoms with Gasteiger partial charge < -0.3 is 24.7 Å². The van der Waals surface area contributed by atoms with E-state index >= 15 is 0 Å². The molecule has 4 aromatic carbocycles. The van der Waals surface area contributed by atoms with Crippen LogP contribution >= 0.6 is 15.9 Å². The second kappa shape index (κ2) is 22.7. The molecule has 0 fully saturated rings. The van der Waals surface area contributed by atoms with Crippen LogP contribution in [0, 0.1) is 5.41 Å². The number of alkyl carbamates (subject to hydrolysis) is 1. The third-order valence-electron chi connectivity index (χ3n) is 6.43. The van der Waals surface area contributed by atoms with Crippen molar-refractivity contribution in [2.75, 3.05) is 25.1 Å². The lowest BCUT2D eigenvalue weighted by Crippen LogP contribution is -2.30. The van der Waals surface area contributed by atoms with Crippen LogP contribution in [0.2, 0.25) is 0 Å². The van der Waals surface area contributed by atoms with Gasteiger partial charge in [0.25, 0.3) is 0 Å². The molecule has 50 heavy (non-hydrogen) atoms. The van der Waals surface area contributed by atoms with E-state index in [2.05, 4.69) is 36.3 Å². The summed E-state index contributed by atoms with van der Waals surface area (Å²) in [5, 5.41) is 14.6. The zero-order valence-corrected chi connectivity index (χ0v) is 28.8. The van der Waals surface area contributed by atoms with E-state index in [4.69, 9.17) is 35.6 Å². The first kappa shape index (κ1) is 38.6. The fourth-order valence-electron chi connectivity index (χ4n) is 3.90. The molecule has 0 bridgehead atoms. The van der Waals surface area contributed by atoms with Crippen LogP contribution in [-0.2, 0) is 22.7 Å². The monoisotopic (exact) mass is 743 g/mol. The van der Waals surface area contributed by atoms with Gasteiger partial charge in [-0.2, -0.15) is 4.99 Å². The summed E-state index contributed by atoms with van der Waals surface area (Å²) in [6, 6.07) is 32.5. The number of azide groups is 1. The van der Waals surface area contributed by atoms with Crippen molar-refractivity contribution in [3.8, 4) is 11.5 Å². The highest BCUT2D eigenvalue weighted by Gasteiger charge is 2.09. The quantitative estimate of drug-likeness (QED) is 0.0209. The Morgan fingerprint density at radius 2 is 1.28 bits per heavy atom. The highest BCUT2D eigenvalue weighted by Crippen LogP contribution is 2.14. The lowest BCUT2D eigenvalue weighted by Gasteiger charge is -2.09. The van der Waals surface area contributed by atoms with E-state index in [1.165, 1.54) is 0 Å². The van der Waals surface area contributed by atoms with Gasteiger partial charge >= 0.3 is 12.2 Å². The molecule has 0 saturated carbocycles. The Bertz CT molecular complexity index is 1700. The average Bonchev–Trinajstić information content (AvgIpc) is 3.15. The Balaban J connectivity index is 0.000000271. The predicted octanol–water partition coefficient (Wildman–Crippen LogP) is 7.91. The Kier molecular flexibility index (Phi) is 17.5. The smallest absolute Gasteiger partial charge is 0.435 e. The molecule has 4 rings (SSSR count). The van der Waals surface area contributed by atoms with E-state index in [1.807, 2.05) is 60.7 Å². The van der Waals surface area contributed by atoms with E-state index < -0.39 is 12.2 Å². The van der Waals surface area contributed by atoms with Gasteiger partial charge in [0.15, 0.2) is 0 Å². The van der Waals surface area contributed by atoms with E-state index in [0.717, 1.165) is 28.6 Å². The van der Waals surface area contributed by atoms with E-state index in [9.17, 15) is 9.59 Å². The van der Waals surface area contributed by atoms with Crippen molar-refractivity contribution in [3.05, 3.63) is 142 Å². The Labute approximate surface area is 298 Å². The molecule has 0 aliphatic rings. The molecule has 4 aromatic rings. The van der Waals surface area contributed by atoms with E-state index in [1.54, 1.807) is 48.5 Å². The van der Waals surface area contributed by atoms with Gasteiger partial charge in [-0.3, -0.25) is 10.7 Å². The molecule has 0 atom stereocenters. The average molecular weight is 745 g/mol. The van der Waals surface area contributed by atoms with Gasteiger partial charge in [0.2, 0.25) is 0 Å². The van der Waals surface area contributed by atoms with Crippen molar-refractivity contribution in [1.29, 1.82) is 5.41 Å². The summed E-state index contributed by atoms with van der Waals surface area (Å²) in [4.78, 5) is 29.9. The molecule has 0 spiro atoms. The molecule has 4 N–H and O–H groups in total. The number of amidine groups is 2. The number of carbonyl (C=O) groups is 2. The first-order valence-corrected chi connectivity index (χ1v) is 16.6. The standard InChI is InChI=1S/C18H19BrN2O3.C18H19N5O3/c19-11-4-12-23-16-9-7-15(8-10-16)17(20)21-18(22)24-13-14-5-2-1-3-6-14;19-17(22-18(24)26-13-14-5-2-1-3-6-14)15-7-9-16(10-8-15)25-12-4-11-21-23-20/h1-3,5-10H,4,11-13H2,(H2,20,21,22);1-3,5-10H,4,11-13H2,(H2,19,22,24). The van der Waals surface area contributed by atoms with Gasteiger partial charge in [-0.15, -0.1) is 0 Å². The van der Waals surface area contributed by atoms with Gasteiger partial charge in [0.1, 0.15) is 36.4 Å². The zero-order valence-electron chi connectivity index (χ0n) is 27.2. The predicted molar refractivity (Wildman–Crippen MR) is 195 cm³/mol. The first-order valence-electron chi connectivity index (χ1n) is 15.5. The number of carbonyl (C=O) groups excluding carboxylic acids is 2. The number of amides is 2. The van der Waals surface area contributed by atoms with Gasteiger partial charge in [-0.1, -0.05) is 81.7 Å². The fraction of sp³-hybridized carbons (Fsp3) is 0.222. The van der Waals surface area contributed by atoms with E-state index in [-0.39, 0.29) is 24.9 Å². The normalized spacial score (nSPS) is 10.4. The molecule has 0 saturated heterocycles. The SMILES string of the molecule is NC(=NC(=O)OCc1ccccc1)c1ccc(OCCCBr)cc1.[N-]=[N+]=NCCCOc1ccc(C(=N)NC(=O)OCc2ccccc2)cc1. The third kappa shape index (κ3) is 15.4. The molecule has 14 heteroatoms. The third-order valence-corrected chi connectivity index (χ3v) is 6.99. The number of halogens is 1. The van der Waals surface area contributed by atoms with Crippen LogP contribution in [0.15, 0.2) is 119 Å². The summed E-state index contributed by atoms with van der Waals surface area (Å²) < 4.78 is 21.2. The number of aliphatic imine (C=N–C) groups is 1. The summed E-state index contributed by atoms with van der Waals surface area (Å²) in [7, 11) is 0. The summed E-state index contributed by atoms with van der Waals surface area (Å²) in [5.41, 5.74) is 17.0. The molecular weight excluding hydrogens is 706 g/mol. The lowest BCUT2D eigenvalue weighted by molar-refractivity contribution is 0.145. The van der Waals surface area contributed by atoms with Crippen molar-refractivity contribution in [1.82, 2.24) is 5.32 Å². The molecule has 0 heterocycles. The highest BCUT2D eigenvalue weighted by atomic mass is 79.9. The van der Waals surface area contributed by atoms with Crippen LogP contribution in [0.1, 0.15) is 35.1 Å². The Morgan fingerprint density at radius 3 is 1.82 bits per heavy atom. The molecule has 0 aliphatic carbocycles. The topological polar surface area (TPSA) is 194 Å². The second-order valence-corrected chi connectivity index (χ2v) is 11.0. The first-order chi connectivity index (χ1) is 24.4. The second-order valence-electron chi connectivity index (χ2n) is 10.2. The summed E-state index contributed by atoms with van der Waals surface area (Å²) in [5.74, 6) is 1.44. The van der Waals surface area contributed by atoms with Crippen molar-refractivity contribution >= 4 is 39.8 Å². The van der Waals surface area contributed by atoms with Crippen molar-refractivity contribution < 1.29 is 28.5 Å². The fourth-order valence-corrected chi connectivity index (χ4v) is 4.13. The van der Waals surface area contributed by atoms with Crippen LogP contribution in [-0.4, -0.2) is 48.9 Å². The summed E-state index contributed by atoms with van der Waals surface area (Å²) in [6.45, 7) is 1.76. The minimum atomic E-state index is -0.714. The zero-order chi connectivity index (χ0) is 35.8. The summed E-state index contributed by atoms with van der Waals surface area (Å²) >= 11 is 3.35. The molecule has 260 valence electrons. The number of nitrogens with two attached hydrogens (primary N) is 1. The molecule has 13 nitrogen and oxygen atoms in total. The number of nitrogens with zero attached hydrogens (tertiary/aromatic N) is 4. The maximum atomic E-state index is 11.8. The van der Waals surface area contributed by atoms with Crippen molar-refractivity contribution in [2.45, 2.75) is 26.1 Å². The Hall–Kier alpha value is -5.85. The number of benzene rings is 4. The molecule has 2 amide bonds. The van der Waals surface area contributed by atoms with Gasteiger partial charge in [-0.25, -0.2) is 9.59 Å². The lowest BCUT2D eigenvalue weighted by atomic mass is 10.2. The van der Waals surface area contributed by atoms with Crippen molar-refractivity contribution in [2.24, 2.45) is 15.8 Å². The molecule has 0 aliphatic heterocycles. The van der Waals surface area contributed by atoms with Gasteiger partial charge in [0, 0.05) is 27.9 Å². The van der Waals surface area contributed by atoms with Crippen LogP contribution in [0.4, 0.5) is 9.59 Å².